The Morgan fingerprint density at radius 3 is 2.28 bits per heavy atom. The minimum absolute atomic E-state index is 0.0445. The molecule has 0 saturated carbocycles. The second-order valence-electron chi connectivity index (χ2n) is 9.24. The van der Waals surface area contributed by atoms with Crippen molar-refractivity contribution in [1.82, 2.24) is 21.3 Å². The fourth-order valence-corrected chi connectivity index (χ4v) is 5.66. The molecule has 1 fully saturated rings. The molecule has 2 rings (SSSR count). The molecular weight excluding hydrogens is 504 g/mol. The van der Waals surface area contributed by atoms with Gasteiger partial charge in [0.1, 0.15) is 29.9 Å². The summed E-state index contributed by atoms with van der Waals surface area (Å²) in [6.07, 6.45) is 4.51. The number of nitrogens with one attached hydrogen (secondary N) is 4. The molecule has 0 spiro atoms. The average molecular weight is 541 g/mol. The Kier molecular flexibility index (Phi) is 11.8. The minimum Gasteiger partial charge on any atom is -0.456 e. The van der Waals surface area contributed by atoms with Crippen LogP contribution in [0, 0.1) is 11.8 Å². The molecule has 0 aliphatic carbocycles. The minimum atomic E-state index is -1.00. The number of esters is 1. The second-order valence-corrected chi connectivity index (χ2v) is 11.9. The fraction of sp³-hybridized carbons (Fsp3) is 0.625. The van der Waals surface area contributed by atoms with Crippen LogP contribution >= 0.6 is 21.6 Å². The highest BCUT2D eigenvalue weighted by Gasteiger charge is 2.33. The van der Waals surface area contributed by atoms with Crippen LogP contribution in [-0.4, -0.2) is 65.3 Å². The Labute approximate surface area is 220 Å². The average Bonchev–Trinajstić information content (AvgIpc) is 2.81. The number of allylic oxidation sites excluding steroid dienone is 2. The topological polar surface area (TPSA) is 143 Å². The molecule has 2 aliphatic heterocycles. The van der Waals surface area contributed by atoms with E-state index in [9.17, 15) is 24.0 Å². The summed E-state index contributed by atoms with van der Waals surface area (Å²) in [5, 5.41) is 10.7. The van der Waals surface area contributed by atoms with Gasteiger partial charge in [0.05, 0.1) is 6.42 Å². The van der Waals surface area contributed by atoms with E-state index in [-0.39, 0.29) is 29.7 Å². The zero-order valence-corrected chi connectivity index (χ0v) is 22.9. The number of carbonyl (C=O) groups excluding carboxylic acids is 5. The maximum absolute atomic E-state index is 13.2. The van der Waals surface area contributed by atoms with Crippen molar-refractivity contribution in [3.63, 3.8) is 0 Å². The van der Waals surface area contributed by atoms with Crippen molar-refractivity contribution in [3.05, 3.63) is 23.9 Å². The van der Waals surface area contributed by atoms with Crippen molar-refractivity contribution >= 4 is 51.2 Å². The third-order valence-electron chi connectivity index (χ3n) is 5.59. The number of rotatable bonds is 2. The molecule has 0 unspecified atom stereocenters. The second kappa shape index (κ2) is 14.3. The van der Waals surface area contributed by atoms with Gasteiger partial charge in [-0.15, -0.1) is 0 Å². The molecule has 10 nitrogen and oxygen atoms in total. The Morgan fingerprint density at radius 2 is 1.64 bits per heavy atom. The van der Waals surface area contributed by atoms with E-state index < -0.39 is 53.8 Å². The van der Waals surface area contributed by atoms with Crippen LogP contribution in [0.5, 0.6) is 0 Å². The van der Waals surface area contributed by atoms with E-state index in [2.05, 4.69) is 21.3 Å². The van der Waals surface area contributed by atoms with Crippen molar-refractivity contribution in [2.24, 2.45) is 11.8 Å². The maximum Gasteiger partial charge on any atom is 0.329 e. The first-order valence-corrected chi connectivity index (χ1v) is 14.5. The molecule has 0 aromatic heterocycles. The Balaban J connectivity index is 2.55. The van der Waals surface area contributed by atoms with Gasteiger partial charge in [-0.05, 0) is 31.3 Å². The van der Waals surface area contributed by atoms with Crippen molar-refractivity contribution in [1.29, 1.82) is 0 Å². The van der Waals surface area contributed by atoms with Gasteiger partial charge in [-0.2, -0.15) is 0 Å². The van der Waals surface area contributed by atoms with E-state index in [0.717, 1.165) is 0 Å². The van der Waals surface area contributed by atoms with Crippen LogP contribution in [0.2, 0.25) is 0 Å². The molecule has 4 amide bonds. The van der Waals surface area contributed by atoms with E-state index in [1.54, 1.807) is 40.7 Å². The van der Waals surface area contributed by atoms with Gasteiger partial charge in [0.15, 0.2) is 0 Å². The molecule has 2 heterocycles. The third-order valence-corrected chi connectivity index (χ3v) is 8.03. The van der Waals surface area contributed by atoms with Crippen LogP contribution in [0.15, 0.2) is 23.9 Å². The lowest BCUT2D eigenvalue weighted by Crippen LogP contribution is -2.57. The summed E-state index contributed by atoms with van der Waals surface area (Å²) in [6, 6.07) is -2.86. The summed E-state index contributed by atoms with van der Waals surface area (Å²) in [5.41, 5.74) is -0.0445. The number of hydrogen-bond donors (Lipinski definition) is 4. The normalized spacial score (nSPS) is 29.6. The highest BCUT2D eigenvalue weighted by atomic mass is 33.1. The van der Waals surface area contributed by atoms with Crippen molar-refractivity contribution in [2.75, 3.05) is 11.5 Å². The summed E-state index contributed by atoms with van der Waals surface area (Å²) in [4.78, 5) is 65.2. The summed E-state index contributed by atoms with van der Waals surface area (Å²) in [5.74, 6) is -2.54. The first-order chi connectivity index (χ1) is 17.0. The summed E-state index contributed by atoms with van der Waals surface area (Å²) >= 11 is 0. The Hall–Kier alpha value is -2.47. The molecule has 4 N–H and O–H groups in total. The molecule has 12 heteroatoms. The summed E-state index contributed by atoms with van der Waals surface area (Å²) in [7, 11) is 2.95. The predicted molar refractivity (Wildman–Crippen MR) is 141 cm³/mol. The van der Waals surface area contributed by atoms with Crippen molar-refractivity contribution in [2.45, 2.75) is 71.7 Å². The number of ether oxygens (including phenoxy) is 1. The van der Waals surface area contributed by atoms with E-state index in [4.69, 9.17) is 4.74 Å². The van der Waals surface area contributed by atoms with Gasteiger partial charge in [-0.25, -0.2) is 4.79 Å². The molecule has 1 saturated heterocycles. The zero-order valence-electron chi connectivity index (χ0n) is 21.3. The first-order valence-electron chi connectivity index (χ1n) is 12.0. The number of hydrogen-bond acceptors (Lipinski definition) is 8. The van der Waals surface area contributed by atoms with Crippen molar-refractivity contribution < 1.29 is 28.7 Å². The standard InChI is InChI=1S/C24H36N4O6S2/c1-6-16-21(30)28-20(14(4)5)24(33)34-15-9-7-8-10-35-36-12-17(22(31)25-16)26-23(32)19(13(2)3)27-18(29)11-15/h6-7,9,13-15,17,19-20H,8,10-12H2,1-5H3,(H,25,31)(H,26,32)(H,27,29)(H,28,30)/b9-7-,16-6-/t15-,17+,19+,20+/m0/s1. The third kappa shape index (κ3) is 8.88. The quantitative estimate of drug-likeness (QED) is 0.178. The molecule has 200 valence electrons. The molecule has 0 radical (unpaired) electrons. The van der Waals surface area contributed by atoms with Gasteiger partial charge in [-0.3, -0.25) is 19.2 Å². The van der Waals surface area contributed by atoms with Gasteiger partial charge >= 0.3 is 5.97 Å². The van der Waals surface area contributed by atoms with Crippen LogP contribution in [0.1, 0.15) is 47.5 Å². The molecule has 2 bridgehead atoms. The van der Waals surface area contributed by atoms with Crippen LogP contribution in [0.25, 0.3) is 0 Å². The molecule has 0 aromatic rings. The van der Waals surface area contributed by atoms with E-state index in [1.165, 1.54) is 27.7 Å². The lowest BCUT2D eigenvalue weighted by Gasteiger charge is -2.27. The van der Waals surface area contributed by atoms with Crippen LogP contribution in [0.4, 0.5) is 0 Å². The molecule has 0 aromatic carbocycles. The first kappa shape index (κ1) is 29.8. The monoisotopic (exact) mass is 540 g/mol. The fourth-order valence-electron chi connectivity index (χ4n) is 3.50. The largest absolute Gasteiger partial charge is 0.456 e. The van der Waals surface area contributed by atoms with Gasteiger partial charge in [0, 0.05) is 11.5 Å². The Bertz CT molecular complexity index is 905. The number of amides is 4. The maximum atomic E-state index is 13.2. The Morgan fingerprint density at radius 1 is 0.944 bits per heavy atom. The van der Waals surface area contributed by atoms with E-state index >= 15 is 0 Å². The highest BCUT2D eigenvalue weighted by Crippen LogP contribution is 2.24. The summed E-state index contributed by atoms with van der Waals surface area (Å²) in [6.45, 7) is 8.66. The van der Waals surface area contributed by atoms with Gasteiger partial charge < -0.3 is 26.0 Å². The van der Waals surface area contributed by atoms with Gasteiger partial charge in [0.2, 0.25) is 17.7 Å². The van der Waals surface area contributed by atoms with E-state index in [0.29, 0.717) is 12.2 Å². The van der Waals surface area contributed by atoms with Crippen LogP contribution in [0.3, 0.4) is 0 Å². The number of fused-ring (bicyclic) bond motifs is 7. The molecular formula is C24H36N4O6S2. The lowest BCUT2D eigenvalue weighted by atomic mass is 10.0. The van der Waals surface area contributed by atoms with Crippen molar-refractivity contribution in [3.8, 4) is 0 Å². The lowest BCUT2D eigenvalue weighted by molar-refractivity contribution is -0.153. The molecule has 36 heavy (non-hydrogen) atoms. The van der Waals surface area contributed by atoms with Gasteiger partial charge in [0.25, 0.3) is 5.91 Å². The predicted octanol–water partition coefficient (Wildman–Crippen LogP) is 1.43. The van der Waals surface area contributed by atoms with Crippen LogP contribution in [-0.2, 0) is 28.7 Å². The highest BCUT2D eigenvalue weighted by molar-refractivity contribution is 8.76. The summed E-state index contributed by atoms with van der Waals surface area (Å²) < 4.78 is 5.65. The SMILES string of the molecule is C/C=C1\NC(=O)[C@H]2CSSCC/C=C\[C@@H](CC(=O)N[C@H](C(C)C)C(=O)N2)OC(=O)[C@@H](C(C)C)NC1=O. The molecule has 4 atom stereocenters. The van der Waals surface area contributed by atoms with E-state index in [1.807, 2.05) is 6.08 Å². The number of carbonyl (C=O) groups is 5. The smallest absolute Gasteiger partial charge is 0.329 e. The zero-order chi connectivity index (χ0) is 26.8. The molecule has 2 aliphatic rings. The van der Waals surface area contributed by atoms with Crippen LogP contribution < -0.4 is 21.3 Å². The van der Waals surface area contributed by atoms with Gasteiger partial charge in [-0.1, -0.05) is 61.4 Å².